The zero-order valence-corrected chi connectivity index (χ0v) is 9.89. The van der Waals surface area contributed by atoms with Crippen LogP contribution in [0.3, 0.4) is 0 Å². The molecule has 0 spiro atoms. The van der Waals surface area contributed by atoms with Gasteiger partial charge < -0.3 is 4.74 Å². The van der Waals surface area contributed by atoms with E-state index in [1.165, 1.54) is 6.07 Å². The average Bonchev–Trinajstić information content (AvgIpc) is 2.61. The van der Waals surface area contributed by atoms with Crippen LogP contribution in [0.25, 0.3) is 0 Å². The number of benzene rings is 1. The van der Waals surface area contributed by atoms with Gasteiger partial charge in [0.15, 0.2) is 0 Å². The van der Waals surface area contributed by atoms with Gasteiger partial charge in [-0.05, 0) is 23.3 Å². The minimum Gasteiger partial charge on any atom is -0.493 e. The first-order valence-electron chi connectivity index (χ1n) is 4.78. The van der Waals surface area contributed by atoms with Crippen molar-refractivity contribution in [2.75, 3.05) is 12.4 Å². The molecule has 1 atom stereocenters. The molecule has 0 radical (unpaired) electrons. The van der Waals surface area contributed by atoms with Crippen LogP contribution >= 0.6 is 10.7 Å². The second kappa shape index (κ2) is 4.22. The lowest BCUT2D eigenvalue weighted by Gasteiger charge is -2.07. The molecule has 0 aromatic heterocycles. The fraction of sp³-hybridized carbons (Fsp3) is 0.400. The lowest BCUT2D eigenvalue weighted by molar-refractivity contribution is 0.356. The average molecular weight is 265 g/mol. The molecule has 1 aromatic rings. The molecule has 1 unspecified atom stereocenters. The highest BCUT2D eigenvalue weighted by molar-refractivity contribution is 8.13. The van der Waals surface area contributed by atoms with E-state index in [1.54, 1.807) is 12.1 Å². The quantitative estimate of drug-likeness (QED) is 0.786. The molecular formula is C10H10ClFO3S. The summed E-state index contributed by atoms with van der Waals surface area (Å²) in [4.78, 5) is 0. The van der Waals surface area contributed by atoms with Crippen molar-refractivity contribution in [1.82, 2.24) is 0 Å². The number of hydrogen-bond acceptors (Lipinski definition) is 3. The predicted octanol–water partition coefficient (Wildman–Crippen LogP) is 2.20. The number of fused-ring (bicyclic) bond motifs is 1. The first-order chi connectivity index (χ1) is 7.46. The molecule has 0 saturated carbocycles. The van der Waals surface area contributed by atoms with Gasteiger partial charge in [0.2, 0.25) is 9.05 Å². The number of hydrogen-bond donors (Lipinski definition) is 0. The van der Waals surface area contributed by atoms with Crippen LogP contribution in [0.4, 0.5) is 4.39 Å². The van der Waals surface area contributed by atoms with Crippen LogP contribution < -0.4 is 4.74 Å². The normalized spacial score (nSPS) is 16.6. The van der Waals surface area contributed by atoms with Crippen LogP contribution in [0, 0.1) is 0 Å². The van der Waals surface area contributed by atoms with E-state index in [1.807, 2.05) is 0 Å². The Morgan fingerprint density at radius 3 is 2.94 bits per heavy atom. The van der Waals surface area contributed by atoms with Gasteiger partial charge in [-0.3, -0.25) is 0 Å². The summed E-state index contributed by atoms with van der Waals surface area (Å²) in [6, 6.07) is 4.82. The molecule has 1 aliphatic heterocycles. The third kappa shape index (κ3) is 2.65. The summed E-state index contributed by atoms with van der Waals surface area (Å²) < 4.78 is 40.4. The van der Waals surface area contributed by atoms with Gasteiger partial charge in [0.25, 0.3) is 0 Å². The second-order valence-corrected chi connectivity index (χ2v) is 6.46. The fourth-order valence-electron chi connectivity index (χ4n) is 1.67. The topological polar surface area (TPSA) is 43.4 Å². The van der Waals surface area contributed by atoms with E-state index in [2.05, 4.69) is 0 Å². The van der Waals surface area contributed by atoms with Crippen LogP contribution in [-0.2, 0) is 15.5 Å². The van der Waals surface area contributed by atoms with Crippen molar-refractivity contribution in [3.8, 4) is 5.75 Å². The van der Waals surface area contributed by atoms with E-state index in [0.717, 1.165) is 17.7 Å². The van der Waals surface area contributed by atoms with Gasteiger partial charge in [0.05, 0.1) is 6.61 Å². The minimum atomic E-state index is -3.82. The summed E-state index contributed by atoms with van der Waals surface area (Å²) in [5, 5.41) is 0. The first-order valence-corrected chi connectivity index (χ1v) is 7.25. The molecule has 0 bridgehead atoms. The molecule has 0 N–H and O–H groups in total. The van der Waals surface area contributed by atoms with Gasteiger partial charge in [-0.15, -0.1) is 0 Å². The zero-order chi connectivity index (χ0) is 11.8. The van der Waals surface area contributed by atoms with Crippen LogP contribution in [-0.4, -0.2) is 20.8 Å². The summed E-state index contributed by atoms with van der Waals surface area (Å²) in [5.41, 5.74) is 1.24. The van der Waals surface area contributed by atoms with E-state index in [-0.39, 0.29) is 0 Å². The molecule has 2 rings (SSSR count). The maximum Gasteiger partial charge on any atom is 0.235 e. The smallest absolute Gasteiger partial charge is 0.235 e. The van der Waals surface area contributed by atoms with Crippen LogP contribution in [0.2, 0.25) is 0 Å². The molecule has 0 aliphatic carbocycles. The standard InChI is InChI=1S/C10H10ClFO3S/c11-16(13,14)6-9(12)7-1-2-10-8(5-7)3-4-15-10/h1-2,5,9H,3-4,6H2. The molecule has 16 heavy (non-hydrogen) atoms. The first kappa shape index (κ1) is 11.7. The molecule has 0 fully saturated rings. The highest BCUT2D eigenvalue weighted by atomic mass is 35.7. The van der Waals surface area contributed by atoms with Crippen LogP contribution in [0.5, 0.6) is 5.75 Å². The maximum absolute atomic E-state index is 13.6. The van der Waals surface area contributed by atoms with Gasteiger partial charge in [0, 0.05) is 17.1 Å². The van der Waals surface area contributed by atoms with E-state index < -0.39 is 21.0 Å². The minimum absolute atomic E-state index is 0.327. The lowest BCUT2D eigenvalue weighted by atomic mass is 10.1. The molecule has 0 saturated heterocycles. The summed E-state index contributed by atoms with van der Waals surface area (Å²) in [5.74, 6) is 0.0402. The Bertz CT molecular complexity index is 501. The van der Waals surface area contributed by atoms with Gasteiger partial charge in [-0.2, -0.15) is 0 Å². The van der Waals surface area contributed by atoms with Gasteiger partial charge in [-0.1, -0.05) is 6.07 Å². The molecule has 1 aliphatic rings. The fourth-order valence-corrected chi connectivity index (χ4v) is 2.55. The largest absolute Gasteiger partial charge is 0.493 e. The van der Waals surface area contributed by atoms with Crippen molar-refractivity contribution in [3.63, 3.8) is 0 Å². The van der Waals surface area contributed by atoms with Crippen molar-refractivity contribution < 1.29 is 17.5 Å². The Morgan fingerprint density at radius 1 is 1.50 bits per heavy atom. The summed E-state index contributed by atoms with van der Waals surface area (Å²) >= 11 is 0. The number of rotatable bonds is 3. The van der Waals surface area contributed by atoms with Crippen LogP contribution in [0.15, 0.2) is 18.2 Å². The van der Waals surface area contributed by atoms with Gasteiger partial charge >= 0.3 is 0 Å². The Hall–Kier alpha value is -0.810. The number of ether oxygens (including phenoxy) is 1. The number of alkyl halides is 1. The molecule has 6 heteroatoms. The van der Waals surface area contributed by atoms with Gasteiger partial charge in [0.1, 0.15) is 17.7 Å². The Labute approximate surface area is 97.6 Å². The van der Waals surface area contributed by atoms with E-state index in [9.17, 15) is 12.8 Å². The maximum atomic E-state index is 13.6. The monoisotopic (exact) mass is 264 g/mol. The SMILES string of the molecule is O=S(=O)(Cl)CC(F)c1ccc2c(c1)CCO2. The molecule has 0 amide bonds. The van der Waals surface area contributed by atoms with E-state index in [0.29, 0.717) is 12.2 Å². The Balaban J connectivity index is 2.21. The molecule has 1 aromatic carbocycles. The molecule has 1 heterocycles. The van der Waals surface area contributed by atoms with Crippen molar-refractivity contribution in [1.29, 1.82) is 0 Å². The van der Waals surface area contributed by atoms with Crippen molar-refractivity contribution in [2.45, 2.75) is 12.6 Å². The number of halogens is 2. The lowest BCUT2D eigenvalue weighted by Crippen LogP contribution is -2.05. The van der Waals surface area contributed by atoms with Gasteiger partial charge in [-0.25, -0.2) is 12.8 Å². The summed E-state index contributed by atoms with van der Waals surface area (Å²) in [6.07, 6.45) is -0.864. The Kier molecular flexibility index (Phi) is 3.08. The third-order valence-electron chi connectivity index (χ3n) is 2.42. The van der Waals surface area contributed by atoms with Crippen molar-refractivity contribution >= 4 is 19.7 Å². The van der Waals surface area contributed by atoms with E-state index >= 15 is 0 Å². The molecule has 3 nitrogen and oxygen atoms in total. The Morgan fingerprint density at radius 2 is 2.25 bits per heavy atom. The third-order valence-corrected chi connectivity index (χ3v) is 3.49. The predicted molar refractivity (Wildman–Crippen MR) is 59.1 cm³/mol. The van der Waals surface area contributed by atoms with Crippen molar-refractivity contribution in [3.05, 3.63) is 29.3 Å². The van der Waals surface area contributed by atoms with E-state index in [4.69, 9.17) is 15.4 Å². The van der Waals surface area contributed by atoms with Crippen LogP contribution in [0.1, 0.15) is 17.3 Å². The zero-order valence-electron chi connectivity index (χ0n) is 8.32. The molecular weight excluding hydrogens is 255 g/mol. The highest BCUT2D eigenvalue weighted by Crippen LogP contribution is 2.30. The molecule has 88 valence electrons. The van der Waals surface area contributed by atoms with Crippen molar-refractivity contribution in [2.24, 2.45) is 0 Å². The highest BCUT2D eigenvalue weighted by Gasteiger charge is 2.20. The summed E-state index contributed by atoms with van der Waals surface area (Å²) in [7, 11) is 1.18. The summed E-state index contributed by atoms with van der Waals surface area (Å²) in [6.45, 7) is 0.587. The second-order valence-electron chi connectivity index (χ2n) is 3.64.